The molecule has 0 fully saturated rings. The van der Waals surface area contributed by atoms with Crippen LogP contribution in [0.2, 0.25) is 0 Å². The Labute approximate surface area is 449 Å². The third-order valence-electron chi connectivity index (χ3n) is 14.7. The number of hydrogen-bond acceptors (Lipinski definition) is 5. The molecular formula is C63H126N2O6P+. The molecule has 8 nitrogen and oxygen atoms in total. The van der Waals surface area contributed by atoms with Crippen molar-refractivity contribution in [2.75, 3.05) is 40.9 Å². The molecule has 72 heavy (non-hydrogen) atoms. The zero-order chi connectivity index (χ0) is 52.7. The molecule has 0 aromatic carbocycles. The third kappa shape index (κ3) is 56.7. The monoisotopic (exact) mass is 1040 g/mol. The fourth-order valence-corrected chi connectivity index (χ4v) is 10.4. The lowest BCUT2D eigenvalue weighted by Gasteiger charge is -2.25. The van der Waals surface area contributed by atoms with Crippen LogP contribution in [0.1, 0.15) is 322 Å². The van der Waals surface area contributed by atoms with E-state index in [4.69, 9.17) is 9.05 Å². The van der Waals surface area contributed by atoms with E-state index in [9.17, 15) is 19.4 Å². The maximum atomic E-state index is 13.0. The summed E-state index contributed by atoms with van der Waals surface area (Å²) in [5.41, 5.74) is 0. The van der Waals surface area contributed by atoms with Crippen molar-refractivity contribution in [1.82, 2.24) is 5.32 Å². The summed E-state index contributed by atoms with van der Waals surface area (Å²) in [6.45, 7) is 4.86. The normalized spacial score (nSPS) is 13.9. The summed E-state index contributed by atoms with van der Waals surface area (Å²) in [6.07, 6.45) is 70.1. The molecular weight excluding hydrogens is 912 g/mol. The maximum Gasteiger partial charge on any atom is 0.472 e. The van der Waals surface area contributed by atoms with E-state index in [1.807, 2.05) is 27.2 Å². The van der Waals surface area contributed by atoms with Gasteiger partial charge in [-0.2, -0.15) is 0 Å². The number of carbonyl (C=O) groups is 1. The minimum absolute atomic E-state index is 0.0630. The summed E-state index contributed by atoms with van der Waals surface area (Å²) in [5, 5.41) is 14.0. The molecule has 1 amide bonds. The standard InChI is InChI=1S/C63H125N2O6P/c1-6-8-10-12-14-16-18-20-22-24-26-28-29-30-31-32-33-34-35-37-38-40-42-44-46-48-50-52-54-56-62(66)61(60-71-72(68,69)70-59-58-65(3,4)5)64-63(67)57-55-53-51-49-47-45-43-41-39-36-27-25-23-21-19-17-15-13-11-9-7-2/h25,27,54,56,61-62,66H,6-24,26,28-53,55,57-60H2,1-5H3,(H-,64,67,68,69)/p+1/b27-25-,56-54+. The summed E-state index contributed by atoms with van der Waals surface area (Å²) < 4.78 is 23.8. The number of carbonyl (C=O) groups excluding carboxylic acids is 1. The highest BCUT2D eigenvalue weighted by Crippen LogP contribution is 2.43. The fourth-order valence-electron chi connectivity index (χ4n) is 9.69. The Morgan fingerprint density at radius 3 is 1.07 bits per heavy atom. The molecule has 428 valence electrons. The number of hydrogen-bond donors (Lipinski definition) is 3. The molecule has 0 rings (SSSR count). The zero-order valence-corrected chi connectivity index (χ0v) is 49.8. The van der Waals surface area contributed by atoms with Crippen LogP contribution in [0.4, 0.5) is 0 Å². The smallest absolute Gasteiger partial charge is 0.387 e. The lowest BCUT2D eigenvalue weighted by molar-refractivity contribution is -0.870. The first-order chi connectivity index (χ1) is 35.0. The zero-order valence-electron chi connectivity index (χ0n) is 48.9. The maximum absolute atomic E-state index is 13.0. The molecule has 0 radical (unpaired) electrons. The van der Waals surface area contributed by atoms with Crippen molar-refractivity contribution in [3.63, 3.8) is 0 Å². The molecule has 0 heterocycles. The lowest BCUT2D eigenvalue weighted by atomic mass is 10.0. The largest absolute Gasteiger partial charge is 0.472 e. The highest BCUT2D eigenvalue weighted by atomic mass is 31.2. The molecule has 0 bridgehead atoms. The average Bonchev–Trinajstić information content (AvgIpc) is 3.34. The van der Waals surface area contributed by atoms with Crippen molar-refractivity contribution in [3.05, 3.63) is 24.3 Å². The summed E-state index contributed by atoms with van der Waals surface area (Å²) in [6, 6.07) is -0.847. The fraction of sp³-hybridized carbons (Fsp3) is 0.921. The molecule has 3 atom stereocenters. The van der Waals surface area contributed by atoms with Crippen molar-refractivity contribution in [2.24, 2.45) is 0 Å². The van der Waals surface area contributed by atoms with Gasteiger partial charge in [0.1, 0.15) is 13.2 Å². The van der Waals surface area contributed by atoms with Gasteiger partial charge in [0, 0.05) is 6.42 Å². The molecule has 0 aliphatic rings. The van der Waals surface area contributed by atoms with E-state index in [1.165, 1.54) is 270 Å². The molecule has 9 heteroatoms. The summed E-state index contributed by atoms with van der Waals surface area (Å²) in [7, 11) is 1.58. The summed E-state index contributed by atoms with van der Waals surface area (Å²) in [5.74, 6) is -0.174. The molecule has 0 saturated heterocycles. The number of quaternary nitrogens is 1. The Balaban J connectivity index is 4.11. The molecule has 0 saturated carbocycles. The molecule has 0 aliphatic heterocycles. The van der Waals surface area contributed by atoms with Gasteiger partial charge in [0.25, 0.3) is 0 Å². The minimum Gasteiger partial charge on any atom is -0.387 e. The van der Waals surface area contributed by atoms with Crippen molar-refractivity contribution in [2.45, 2.75) is 334 Å². The minimum atomic E-state index is -4.35. The van der Waals surface area contributed by atoms with Crippen LogP contribution in [0.15, 0.2) is 24.3 Å². The molecule has 0 aliphatic carbocycles. The number of likely N-dealkylation sites (N-methyl/N-ethyl adjacent to an activating group) is 1. The summed E-state index contributed by atoms with van der Waals surface area (Å²) >= 11 is 0. The Hall–Kier alpha value is -1.02. The number of aliphatic hydroxyl groups excluding tert-OH is 1. The van der Waals surface area contributed by atoms with Crippen LogP contribution in [0.25, 0.3) is 0 Å². The quantitative estimate of drug-likeness (QED) is 0.0243. The number of unbranched alkanes of at least 4 members (excludes halogenated alkanes) is 44. The molecule has 3 unspecified atom stereocenters. The van der Waals surface area contributed by atoms with Gasteiger partial charge in [-0.15, -0.1) is 0 Å². The van der Waals surface area contributed by atoms with E-state index in [0.717, 1.165) is 32.1 Å². The average molecular weight is 1040 g/mol. The number of phosphoric acid groups is 1. The predicted octanol–water partition coefficient (Wildman–Crippen LogP) is 19.5. The van der Waals surface area contributed by atoms with Crippen molar-refractivity contribution in [1.29, 1.82) is 0 Å². The second kappa shape index (κ2) is 54.8. The van der Waals surface area contributed by atoms with Crippen molar-refractivity contribution >= 4 is 13.7 Å². The van der Waals surface area contributed by atoms with Crippen LogP contribution < -0.4 is 5.32 Å². The van der Waals surface area contributed by atoms with E-state index < -0.39 is 20.0 Å². The predicted molar refractivity (Wildman–Crippen MR) is 314 cm³/mol. The first kappa shape index (κ1) is 71.0. The Morgan fingerprint density at radius 2 is 0.750 bits per heavy atom. The Kier molecular flexibility index (Phi) is 54.0. The van der Waals surface area contributed by atoms with Gasteiger partial charge in [-0.25, -0.2) is 4.57 Å². The van der Waals surface area contributed by atoms with Crippen LogP contribution >= 0.6 is 7.82 Å². The number of allylic oxidation sites excluding steroid dienone is 3. The highest BCUT2D eigenvalue weighted by molar-refractivity contribution is 7.47. The first-order valence-electron chi connectivity index (χ1n) is 31.7. The van der Waals surface area contributed by atoms with Crippen molar-refractivity contribution < 1.29 is 32.9 Å². The van der Waals surface area contributed by atoms with Gasteiger partial charge < -0.3 is 19.8 Å². The lowest BCUT2D eigenvalue weighted by Crippen LogP contribution is -2.45. The van der Waals surface area contributed by atoms with Crippen LogP contribution in [0.3, 0.4) is 0 Å². The topological polar surface area (TPSA) is 105 Å². The van der Waals surface area contributed by atoms with Crippen LogP contribution in [-0.2, 0) is 18.4 Å². The third-order valence-corrected chi connectivity index (χ3v) is 15.6. The van der Waals surface area contributed by atoms with Gasteiger partial charge in [-0.1, -0.05) is 295 Å². The first-order valence-corrected chi connectivity index (χ1v) is 33.2. The van der Waals surface area contributed by atoms with Crippen LogP contribution in [0.5, 0.6) is 0 Å². The van der Waals surface area contributed by atoms with Crippen LogP contribution in [0, 0.1) is 0 Å². The van der Waals surface area contributed by atoms with E-state index in [0.29, 0.717) is 17.4 Å². The molecule has 3 N–H and O–H groups in total. The summed E-state index contributed by atoms with van der Waals surface area (Å²) in [4.78, 5) is 23.3. The van der Waals surface area contributed by atoms with Gasteiger partial charge in [0.05, 0.1) is 39.9 Å². The van der Waals surface area contributed by atoms with Gasteiger partial charge in [-0.05, 0) is 44.9 Å². The number of nitrogens with zero attached hydrogens (tertiary/aromatic N) is 1. The number of amides is 1. The number of aliphatic hydroxyl groups is 1. The highest BCUT2D eigenvalue weighted by Gasteiger charge is 2.28. The van der Waals surface area contributed by atoms with Crippen LogP contribution in [-0.4, -0.2) is 73.4 Å². The van der Waals surface area contributed by atoms with E-state index in [2.05, 4.69) is 31.3 Å². The second-order valence-corrected chi connectivity index (χ2v) is 24.6. The molecule has 0 aromatic rings. The number of nitrogens with one attached hydrogen (secondary N) is 1. The second-order valence-electron chi connectivity index (χ2n) is 23.1. The van der Waals surface area contributed by atoms with Crippen molar-refractivity contribution in [3.8, 4) is 0 Å². The van der Waals surface area contributed by atoms with E-state index >= 15 is 0 Å². The SMILES string of the molecule is CCCCCCCCCC/C=C\CCCCCCCCCCCC(=O)NC(COP(=O)(O)OCC[N+](C)(C)C)C(O)/C=C/CCCCCCCCCCCCCCCCCCCCCCCCCCCCC. The number of phosphoric ester groups is 1. The number of rotatable bonds is 59. The Morgan fingerprint density at radius 1 is 0.458 bits per heavy atom. The molecule has 0 spiro atoms. The van der Waals surface area contributed by atoms with E-state index in [-0.39, 0.29) is 19.1 Å². The van der Waals surface area contributed by atoms with Gasteiger partial charge in [0.15, 0.2) is 0 Å². The van der Waals surface area contributed by atoms with E-state index in [1.54, 1.807) is 6.08 Å². The van der Waals surface area contributed by atoms with Gasteiger partial charge in [0.2, 0.25) is 5.91 Å². The van der Waals surface area contributed by atoms with Gasteiger partial charge in [-0.3, -0.25) is 13.8 Å². The Bertz CT molecular complexity index is 1220. The molecule has 0 aromatic heterocycles. The van der Waals surface area contributed by atoms with Gasteiger partial charge >= 0.3 is 7.82 Å².